The van der Waals surface area contributed by atoms with Crippen LogP contribution in [0.25, 0.3) is 5.57 Å². The van der Waals surface area contributed by atoms with Crippen LogP contribution in [0, 0.1) is 0 Å². The number of benzene rings is 1. The van der Waals surface area contributed by atoms with E-state index in [0.717, 1.165) is 24.0 Å². The fourth-order valence-corrected chi connectivity index (χ4v) is 1.56. The number of carbonyl (C=O) groups excluding carboxylic acids is 1. The fourth-order valence-electron chi connectivity index (χ4n) is 1.43. The van der Waals surface area contributed by atoms with Gasteiger partial charge in [-0.2, -0.15) is 0 Å². The summed E-state index contributed by atoms with van der Waals surface area (Å²) in [7, 11) is 1.38. The summed E-state index contributed by atoms with van der Waals surface area (Å²) in [5, 5.41) is 0.692. The average Bonchev–Trinajstić information content (AvgIpc) is 2.29. The number of methoxy groups -OCH3 is 1. The molecular weight excluding hydrogens is 224 g/mol. The van der Waals surface area contributed by atoms with Crippen LogP contribution in [-0.4, -0.2) is 13.1 Å². The molecule has 0 saturated carbocycles. The summed E-state index contributed by atoms with van der Waals surface area (Å²) in [6.07, 6.45) is 3.36. The molecule has 0 unspecified atom stereocenters. The predicted octanol–water partition coefficient (Wildman–Crippen LogP) is 3.70. The van der Waals surface area contributed by atoms with E-state index in [1.165, 1.54) is 13.2 Å². The molecule has 1 aromatic carbocycles. The van der Waals surface area contributed by atoms with Crippen molar-refractivity contribution in [2.45, 2.75) is 19.8 Å². The summed E-state index contributed by atoms with van der Waals surface area (Å²) in [4.78, 5) is 11.2. The molecule has 0 radical (unpaired) electrons. The molecule has 0 N–H and O–H groups in total. The summed E-state index contributed by atoms with van der Waals surface area (Å²) < 4.78 is 4.63. The number of allylic oxidation sites excluding steroid dienone is 1. The Labute approximate surface area is 101 Å². The normalized spacial score (nSPS) is 11.3. The van der Waals surface area contributed by atoms with Gasteiger partial charge in [0.05, 0.1) is 7.11 Å². The SMILES string of the molecule is CCCC(=CC(=O)OC)c1ccc(Cl)cc1. The van der Waals surface area contributed by atoms with Crippen LogP contribution in [-0.2, 0) is 9.53 Å². The molecule has 0 aliphatic rings. The maximum absolute atomic E-state index is 11.2. The van der Waals surface area contributed by atoms with Gasteiger partial charge in [-0.25, -0.2) is 4.79 Å². The maximum Gasteiger partial charge on any atom is 0.330 e. The average molecular weight is 239 g/mol. The number of ether oxygens (including phenoxy) is 1. The van der Waals surface area contributed by atoms with Crippen LogP contribution in [0.2, 0.25) is 5.02 Å². The van der Waals surface area contributed by atoms with Crippen LogP contribution < -0.4 is 0 Å². The zero-order chi connectivity index (χ0) is 12.0. The highest BCUT2D eigenvalue weighted by molar-refractivity contribution is 6.30. The Bertz CT molecular complexity index is 379. The van der Waals surface area contributed by atoms with E-state index in [-0.39, 0.29) is 5.97 Å². The summed E-state index contributed by atoms with van der Waals surface area (Å²) in [6, 6.07) is 7.45. The minimum Gasteiger partial charge on any atom is -0.466 e. The summed E-state index contributed by atoms with van der Waals surface area (Å²) in [5.41, 5.74) is 1.99. The van der Waals surface area contributed by atoms with Gasteiger partial charge in [-0.05, 0) is 29.7 Å². The quantitative estimate of drug-likeness (QED) is 0.591. The van der Waals surface area contributed by atoms with E-state index in [2.05, 4.69) is 11.7 Å². The van der Waals surface area contributed by atoms with E-state index in [9.17, 15) is 4.79 Å². The van der Waals surface area contributed by atoms with Crippen molar-refractivity contribution in [1.29, 1.82) is 0 Å². The molecule has 0 bridgehead atoms. The maximum atomic E-state index is 11.2. The molecule has 1 aromatic rings. The van der Waals surface area contributed by atoms with E-state index in [0.29, 0.717) is 5.02 Å². The van der Waals surface area contributed by atoms with Gasteiger partial charge in [0.15, 0.2) is 0 Å². The van der Waals surface area contributed by atoms with Gasteiger partial charge in [0.2, 0.25) is 0 Å². The topological polar surface area (TPSA) is 26.3 Å². The van der Waals surface area contributed by atoms with Crippen molar-refractivity contribution in [3.05, 3.63) is 40.9 Å². The van der Waals surface area contributed by atoms with E-state index in [1.54, 1.807) is 0 Å². The number of esters is 1. The standard InChI is InChI=1S/C13H15ClO2/c1-3-4-11(9-13(15)16-2)10-5-7-12(14)8-6-10/h5-9H,3-4H2,1-2H3. The molecule has 0 heterocycles. The van der Waals surface area contributed by atoms with Crippen LogP contribution in [0.3, 0.4) is 0 Å². The molecule has 0 aliphatic carbocycles. The lowest BCUT2D eigenvalue weighted by molar-refractivity contribution is -0.134. The van der Waals surface area contributed by atoms with Crippen molar-refractivity contribution < 1.29 is 9.53 Å². The van der Waals surface area contributed by atoms with Crippen molar-refractivity contribution in [3.63, 3.8) is 0 Å². The molecule has 0 amide bonds. The lowest BCUT2D eigenvalue weighted by atomic mass is 10.0. The summed E-state index contributed by atoms with van der Waals surface area (Å²) in [5.74, 6) is -0.321. The first-order valence-corrected chi connectivity index (χ1v) is 5.59. The fraction of sp³-hybridized carbons (Fsp3) is 0.308. The van der Waals surface area contributed by atoms with Crippen LogP contribution >= 0.6 is 11.6 Å². The third kappa shape index (κ3) is 3.70. The first-order chi connectivity index (χ1) is 7.67. The number of rotatable bonds is 4. The Balaban J connectivity index is 2.97. The molecule has 1 rings (SSSR count). The van der Waals surface area contributed by atoms with Gasteiger partial charge >= 0.3 is 5.97 Å². The monoisotopic (exact) mass is 238 g/mol. The van der Waals surface area contributed by atoms with Crippen LogP contribution in [0.1, 0.15) is 25.3 Å². The number of halogens is 1. The highest BCUT2D eigenvalue weighted by atomic mass is 35.5. The first kappa shape index (κ1) is 12.8. The van der Waals surface area contributed by atoms with Crippen molar-refractivity contribution in [2.75, 3.05) is 7.11 Å². The number of hydrogen-bond donors (Lipinski definition) is 0. The van der Waals surface area contributed by atoms with E-state index < -0.39 is 0 Å². The smallest absolute Gasteiger partial charge is 0.330 e. The molecular formula is C13H15ClO2. The first-order valence-electron chi connectivity index (χ1n) is 5.21. The lowest BCUT2D eigenvalue weighted by Crippen LogP contribution is -1.97. The molecule has 16 heavy (non-hydrogen) atoms. The lowest BCUT2D eigenvalue weighted by Gasteiger charge is -2.06. The zero-order valence-corrected chi connectivity index (χ0v) is 10.3. The van der Waals surface area contributed by atoms with Crippen molar-refractivity contribution in [1.82, 2.24) is 0 Å². The van der Waals surface area contributed by atoms with E-state index in [4.69, 9.17) is 11.6 Å². The minimum atomic E-state index is -0.321. The summed E-state index contributed by atoms with van der Waals surface area (Å²) >= 11 is 5.82. The van der Waals surface area contributed by atoms with Gasteiger partial charge in [-0.3, -0.25) is 0 Å². The van der Waals surface area contributed by atoms with Gasteiger partial charge in [-0.1, -0.05) is 37.1 Å². The second kappa shape index (κ2) is 6.33. The molecule has 0 atom stereocenters. The minimum absolute atomic E-state index is 0.321. The van der Waals surface area contributed by atoms with Crippen molar-refractivity contribution in [2.24, 2.45) is 0 Å². The van der Waals surface area contributed by atoms with Gasteiger partial charge in [-0.15, -0.1) is 0 Å². The van der Waals surface area contributed by atoms with Gasteiger partial charge in [0.1, 0.15) is 0 Å². The molecule has 0 spiro atoms. The van der Waals surface area contributed by atoms with Crippen LogP contribution in [0.5, 0.6) is 0 Å². The summed E-state index contributed by atoms with van der Waals surface area (Å²) in [6.45, 7) is 2.07. The Morgan fingerprint density at radius 2 is 2.00 bits per heavy atom. The van der Waals surface area contributed by atoms with E-state index >= 15 is 0 Å². The van der Waals surface area contributed by atoms with Crippen molar-refractivity contribution in [3.8, 4) is 0 Å². The Morgan fingerprint density at radius 3 is 2.50 bits per heavy atom. The second-order valence-electron chi connectivity index (χ2n) is 3.45. The second-order valence-corrected chi connectivity index (χ2v) is 3.89. The molecule has 86 valence electrons. The molecule has 3 heteroatoms. The highest BCUT2D eigenvalue weighted by Gasteiger charge is 2.04. The molecule has 2 nitrogen and oxygen atoms in total. The molecule has 0 aliphatic heterocycles. The highest BCUT2D eigenvalue weighted by Crippen LogP contribution is 2.21. The van der Waals surface area contributed by atoms with Gasteiger partial charge in [0.25, 0.3) is 0 Å². The largest absolute Gasteiger partial charge is 0.466 e. The van der Waals surface area contributed by atoms with Crippen LogP contribution in [0.4, 0.5) is 0 Å². The molecule has 0 fully saturated rings. The molecule has 0 aromatic heterocycles. The third-order valence-electron chi connectivity index (χ3n) is 2.23. The Hall–Kier alpha value is -1.28. The number of carbonyl (C=O) groups is 1. The van der Waals surface area contributed by atoms with Gasteiger partial charge < -0.3 is 4.74 Å². The third-order valence-corrected chi connectivity index (χ3v) is 2.48. The Kier molecular flexibility index (Phi) is 5.06. The number of hydrogen-bond acceptors (Lipinski definition) is 2. The van der Waals surface area contributed by atoms with Crippen molar-refractivity contribution >= 4 is 23.1 Å². The zero-order valence-electron chi connectivity index (χ0n) is 9.50. The van der Waals surface area contributed by atoms with Crippen LogP contribution in [0.15, 0.2) is 30.3 Å². The predicted molar refractivity (Wildman–Crippen MR) is 66.4 cm³/mol. The molecule has 0 saturated heterocycles. The van der Waals surface area contributed by atoms with Gasteiger partial charge in [0, 0.05) is 11.1 Å². The Morgan fingerprint density at radius 1 is 1.38 bits per heavy atom. The van der Waals surface area contributed by atoms with E-state index in [1.807, 2.05) is 24.3 Å².